The molecule has 0 radical (unpaired) electrons. The second kappa shape index (κ2) is 10.6. The van der Waals surface area contributed by atoms with Crippen molar-refractivity contribution in [1.29, 1.82) is 0 Å². The normalized spacial score (nSPS) is 19.0. The van der Waals surface area contributed by atoms with E-state index >= 15 is 0 Å². The van der Waals surface area contributed by atoms with Crippen molar-refractivity contribution in [3.63, 3.8) is 0 Å². The van der Waals surface area contributed by atoms with E-state index in [-0.39, 0.29) is 5.82 Å². The van der Waals surface area contributed by atoms with Gasteiger partial charge in [0.05, 0.1) is 0 Å². The van der Waals surface area contributed by atoms with E-state index in [1.165, 1.54) is 15.4 Å². The van der Waals surface area contributed by atoms with Crippen LogP contribution in [0, 0.1) is 5.82 Å². The zero-order valence-electron chi connectivity index (χ0n) is 17.2. The quantitative estimate of drug-likeness (QED) is 0.701. The lowest BCUT2D eigenvalue weighted by atomic mass is 9.96. The second-order valence-electron chi connectivity index (χ2n) is 7.46. The van der Waals surface area contributed by atoms with Crippen LogP contribution in [0.25, 0.3) is 0 Å². The van der Waals surface area contributed by atoms with E-state index in [0.29, 0.717) is 18.2 Å². The molecule has 1 saturated heterocycles. The summed E-state index contributed by atoms with van der Waals surface area (Å²) in [6, 6.07) is 14.2. The van der Waals surface area contributed by atoms with Crippen LogP contribution in [-0.2, 0) is 16.0 Å². The molecule has 0 aliphatic carbocycles. The van der Waals surface area contributed by atoms with E-state index in [2.05, 4.69) is 41.1 Å². The van der Waals surface area contributed by atoms with E-state index in [9.17, 15) is 14.0 Å². The molecule has 0 amide bonds. The predicted molar refractivity (Wildman–Crippen MR) is 117 cm³/mol. The molecule has 4 rings (SSSR count). The zero-order valence-corrected chi connectivity index (χ0v) is 18.0. The molecule has 1 unspecified atom stereocenters. The second-order valence-corrected chi connectivity index (χ2v) is 8.54. The Morgan fingerprint density at radius 2 is 1.65 bits per heavy atom. The Morgan fingerprint density at radius 1 is 1.00 bits per heavy atom. The number of hydrogen-bond acceptors (Lipinski definition) is 5. The van der Waals surface area contributed by atoms with Gasteiger partial charge in [-0.3, -0.25) is 4.90 Å². The van der Waals surface area contributed by atoms with Gasteiger partial charge in [-0.1, -0.05) is 30.0 Å². The molecule has 2 aromatic rings. The van der Waals surface area contributed by atoms with Gasteiger partial charge in [-0.2, -0.15) is 0 Å². The number of carboxylic acids is 2. The molecule has 2 aliphatic heterocycles. The molecule has 2 heterocycles. The average molecular weight is 445 g/mol. The lowest BCUT2D eigenvalue weighted by molar-refractivity contribution is -0.134. The first kappa shape index (κ1) is 23.0. The first-order valence-corrected chi connectivity index (χ1v) is 10.8. The van der Waals surface area contributed by atoms with Crippen LogP contribution in [0.15, 0.2) is 64.4 Å². The Bertz CT molecular complexity index is 958. The Kier molecular flexibility index (Phi) is 7.84. The highest BCUT2D eigenvalue weighted by molar-refractivity contribution is 7.99. The van der Waals surface area contributed by atoms with Gasteiger partial charge in [0.15, 0.2) is 0 Å². The number of nitrogens with zero attached hydrogens (tertiary/aromatic N) is 2. The Hall–Kier alpha value is -2.68. The number of fused-ring (bicyclic) bond motifs is 2. The maximum Gasteiger partial charge on any atom is 0.328 e. The molecular formula is C23H25FN2O4S. The fraction of sp³-hybridized carbons (Fsp3) is 0.304. The molecule has 2 N–H and O–H groups in total. The Balaban J connectivity index is 0.000000293. The first-order chi connectivity index (χ1) is 14.8. The smallest absolute Gasteiger partial charge is 0.328 e. The molecule has 0 saturated carbocycles. The molecule has 6 nitrogen and oxygen atoms in total. The van der Waals surface area contributed by atoms with Crippen LogP contribution in [0.1, 0.15) is 17.2 Å². The summed E-state index contributed by atoms with van der Waals surface area (Å²) in [5.41, 5.74) is 2.52. The molecule has 8 heteroatoms. The van der Waals surface area contributed by atoms with E-state index in [0.717, 1.165) is 38.2 Å². The van der Waals surface area contributed by atoms with Crippen molar-refractivity contribution >= 4 is 23.7 Å². The number of hydrogen-bond donors (Lipinski definition) is 2. The Morgan fingerprint density at radius 3 is 2.29 bits per heavy atom. The molecular weight excluding hydrogens is 419 g/mol. The fourth-order valence-corrected chi connectivity index (χ4v) is 4.81. The van der Waals surface area contributed by atoms with Crippen LogP contribution in [0.5, 0.6) is 0 Å². The van der Waals surface area contributed by atoms with Crippen LogP contribution in [0.4, 0.5) is 4.39 Å². The summed E-state index contributed by atoms with van der Waals surface area (Å²) in [5, 5.41) is 15.6. The van der Waals surface area contributed by atoms with E-state index in [1.54, 1.807) is 23.9 Å². The summed E-state index contributed by atoms with van der Waals surface area (Å²) in [4.78, 5) is 26.5. The number of likely N-dealkylation sites (N-methyl/N-ethyl adjacent to an activating group) is 1. The van der Waals surface area contributed by atoms with Gasteiger partial charge in [-0.15, -0.1) is 0 Å². The number of carboxylic acid groups (broad SMARTS) is 2. The van der Waals surface area contributed by atoms with Gasteiger partial charge in [0, 0.05) is 54.2 Å². The number of benzene rings is 2. The molecule has 1 atom stereocenters. The number of halogens is 1. The number of aliphatic carboxylic acids is 2. The maximum absolute atomic E-state index is 13.7. The summed E-state index contributed by atoms with van der Waals surface area (Å²) < 4.78 is 13.7. The third-order valence-electron chi connectivity index (χ3n) is 5.28. The highest BCUT2D eigenvalue weighted by Crippen LogP contribution is 2.43. The molecule has 0 aromatic heterocycles. The SMILES string of the molecule is CN1CCN(C2Cc3cc(F)ccc3Sc3ccccc32)CC1.O=C(O)/C=C/C(=O)O. The standard InChI is InChI=1S/C19H21FN2S.C4H4O4/c1-21-8-10-22(11-9-21)17-13-14-12-15(20)6-7-18(14)23-19-5-3-2-4-16(17)19;5-3(6)1-2-4(7)8/h2-7,12,17H,8-11,13H2,1H3;1-2H,(H,5,6)(H,7,8)/b;2-1+. The van der Waals surface area contributed by atoms with Crippen LogP contribution in [0.3, 0.4) is 0 Å². The molecule has 31 heavy (non-hydrogen) atoms. The molecule has 164 valence electrons. The van der Waals surface area contributed by atoms with Gasteiger partial charge < -0.3 is 15.1 Å². The summed E-state index contributed by atoms with van der Waals surface area (Å²) >= 11 is 1.78. The maximum atomic E-state index is 13.7. The number of piperazine rings is 1. The van der Waals surface area contributed by atoms with Crippen molar-refractivity contribution < 1.29 is 24.2 Å². The van der Waals surface area contributed by atoms with Crippen LogP contribution in [-0.4, -0.2) is 65.2 Å². The van der Waals surface area contributed by atoms with E-state index < -0.39 is 11.9 Å². The molecule has 1 fully saturated rings. The minimum absolute atomic E-state index is 0.132. The van der Waals surface area contributed by atoms with Crippen molar-refractivity contribution in [3.8, 4) is 0 Å². The topological polar surface area (TPSA) is 81.1 Å². The van der Waals surface area contributed by atoms with E-state index in [4.69, 9.17) is 10.2 Å². The summed E-state index contributed by atoms with van der Waals surface area (Å²) in [6.45, 7) is 4.35. The summed E-state index contributed by atoms with van der Waals surface area (Å²) in [7, 11) is 2.18. The zero-order chi connectivity index (χ0) is 22.4. The summed E-state index contributed by atoms with van der Waals surface area (Å²) in [5.74, 6) is -2.65. The van der Waals surface area contributed by atoms with Gasteiger partial charge >= 0.3 is 11.9 Å². The minimum Gasteiger partial charge on any atom is -0.478 e. The molecule has 2 aliphatic rings. The van der Waals surface area contributed by atoms with Crippen molar-refractivity contribution in [3.05, 3.63) is 71.6 Å². The highest BCUT2D eigenvalue weighted by Gasteiger charge is 2.29. The van der Waals surface area contributed by atoms with Gasteiger partial charge in [0.1, 0.15) is 5.82 Å². The van der Waals surface area contributed by atoms with E-state index in [1.807, 2.05) is 6.07 Å². The van der Waals surface area contributed by atoms with Crippen LogP contribution in [0.2, 0.25) is 0 Å². The highest BCUT2D eigenvalue weighted by atomic mass is 32.2. The van der Waals surface area contributed by atoms with Gasteiger partial charge in [0.2, 0.25) is 0 Å². The van der Waals surface area contributed by atoms with Gasteiger partial charge in [0.25, 0.3) is 0 Å². The van der Waals surface area contributed by atoms with Gasteiger partial charge in [-0.05, 0) is 48.9 Å². The fourth-order valence-electron chi connectivity index (χ4n) is 3.69. The monoisotopic (exact) mass is 444 g/mol. The van der Waals surface area contributed by atoms with Gasteiger partial charge in [-0.25, -0.2) is 14.0 Å². The first-order valence-electron chi connectivity index (χ1n) is 9.95. The molecule has 0 bridgehead atoms. The van der Waals surface area contributed by atoms with Crippen molar-refractivity contribution in [2.75, 3.05) is 33.2 Å². The predicted octanol–water partition coefficient (Wildman–Crippen LogP) is 3.53. The van der Waals surface area contributed by atoms with Crippen LogP contribution < -0.4 is 0 Å². The average Bonchev–Trinajstić information content (AvgIpc) is 2.90. The van der Waals surface area contributed by atoms with Crippen molar-refractivity contribution in [1.82, 2.24) is 9.80 Å². The largest absolute Gasteiger partial charge is 0.478 e. The Labute approximate surface area is 185 Å². The summed E-state index contributed by atoms with van der Waals surface area (Å²) in [6.07, 6.45) is 2.01. The molecule has 0 spiro atoms. The molecule has 2 aromatic carbocycles. The minimum atomic E-state index is -1.26. The number of rotatable bonds is 3. The third kappa shape index (κ3) is 6.40. The van der Waals surface area contributed by atoms with Crippen molar-refractivity contribution in [2.24, 2.45) is 0 Å². The van der Waals surface area contributed by atoms with Crippen molar-refractivity contribution in [2.45, 2.75) is 22.3 Å². The number of carbonyl (C=O) groups is 2. The lowest BCUT2D eigenvalue weighted by Crippen LogP contribution is -2.46. The van der Waals surface area contributed by atoms with Crippen LogP contribution >= 0.6 is 11.8 Å². The lowest BCUT2D eigenvalue weighted by Gasteiger charge is -2.38. The third-order valence-corrected chi connectivity index (χ3v) is 6.49.